The molecule has 0 unspecified atom stereocenters. The van der Waals surface area contributed by atoms with Gasteiger partial charge in [0.2, 0.25) is 0 Å². The minimum absolute atomic E-state index is 0. The topological polar surface area (TPSA) is 62.1 Å². The molecule has 1 fully saturated rings. The Balaban J connectivity index is 0.00000208. The molecule has 0 bridgehead atoms. The monoisotopic (exact) mass is 396 g/mol. The second kappa shape index (κ2) is 6.50. The van der Waals surface area contributed by atoms with E-state index in [0.717, 1.165) is 5.46 Å². The number of esters is 1. The molecule has 6 nitrogen and oxygen atoms in total. The standard InChI is InChI=1S/C16H21BN2O4.BrH/c1-6-21-14(20)12-10-19-9-11(7-8-13(19)18-12)17-22-15(2,3)16(4,5)23-17;/h7-10H,6H2,1-5H3;1H. The normalized spacial score (nSPS) is 18.5. The summed E-state index contributed by atoms with van der Waals surface area (Å²) in [5.74, 6) is -0.423. The van der Waals surface area contributed by atoms with E-state index in [0.29, 0.717) is 12.3 Å². The van der Waals surface area contributed by atoms with Gasteiger partial charge < -0.3 is 18.4 Å². The Morgan fingerprint density at radius 1 is 1.21 bits per heavy atom. The molecule has 0 spiro atoms. The van der Waals surface area contributed by atoms with Crippen molar-refractivity contribution in [2.45, 2.75) is 45.8 Å². The predicted octanol–water partition coefficient (Wildman–Crippen LogP) is 2.39. The minimum Gasteiger partial charge on any atom is -0.461 e. The van der Waals surface area contributed by atoms with Gasteiger partial charge in [0.1, 0.15) is 5.65 Å². The number of nitrogens with zero attached hydrogens (tertiary/aromatic N) is 2. The first-order valence-corrected chi connectivity index (χ1v) is 7.75. The van der Waals surface area contributed by atoms with Gasteiger partial charge in [-0.05, 0) is 46.1 Å². The van der Waals surface area contributed by atoms with Gasteiger partial charge in [-0.1, -0.05) is 6.07 Å². The fourth-order valence-electron chi connectivity index (χ4n) is 2.43. The molecule has 1 saturated heterocycles. The van der Waals surface area contributed by atoms with E-state index in [9.17, 15) is 4.79 Å². The second-order valence-corrected chi connectivity index (χ2v) is 6.66. The lowest BCUT2D eigenvalue weighted by molar-refractivity contribution is 0.00578. The van der Waals surface area contributed by atoms with Gasteiger partial charge in [0.25, 0.3) is 0 Å². The summed E-state index contributed by atoms with van der Waals surface area (Å²) in [6, 6.07) is 3.74. The van der Waals surface area contributed by atoms with Crippen LogP contribution in [-0.4, -0.2) is 40.3 Å². The van der Waals surface area contributed by atoms with Crippen LogP contribution in [-0.2, 0) is 14.0 Å². The van der Waals surface area contributed by atoms with E-state index in [1.54, 1.807) is 17.5 Å². The highest BCUT2D eigenvalue weighted by Gasteiger charge is 2.51. The molecule has 1 aliphatic rings. The van der Waals surface area contributed by atoms with Gasteiger partial charge in [-0.25, -0.2) is 9.78 Å². The van der Waals surface area contributed by atoms with Gasteiger partial charge in [-0.15, -0.1) is 17.0 Å². The molecule has 0 atom stereocenters. The number of imidazole rings is 1. The Morgan fingerprint density at radius 3 is 2.42 bits per heavy atom. The zero-order valence-corrected chi connectivity index (χ0v) is 16.2. The number of fused-ring (bicyclic) bond motifs is 1. The second-order valence-electron chi connectivity index (χ2n) is 6.66. The lowest BCUT2D eigenvalue weighted by Gasteiger charge is -2.32. The molecule has 2 aromatic rings. The van der Waals surface area contributed by atoms with Crippen LogP contribution in [0.5, 0.6) is 0 Å². The molecular weight excluding hydrogens is 375 g/mol. The Kier molecular flexibility index (Phi) is 5.13. The number of pyridine rings is 1. The molecule has 3 heterocycles. The predicted molar refractivity (Wildman–Crippen MR) is 97.2 cm³/mol. The van der Waals surface area contributed by atoms with Gasteiger partial charge in [0, 0.05) is 12.4 Å². The van der Waals surface area contributed by atoms with Crippen LogP contribution < -0.4 is 5.46 Å². The summed E-state index contributed by atoms with van der Waals surface area (Å²) < 4.78 is 18.9. The van der Waals surface area contributed by atoms with E-state index in [4.69, 9.17) is 14.0 Å². The number of ether oxygens (including phenoxy) is 1. The summed E-state index contributed by atoms with van der Waals surface area (Å²) in [6.45, 7) is 10.2. The number of hydrogen-bond donors (Lipinski definition) is 0. The quantitative estimate of drug-likeness (QED) is 0.588. The number of carbonyl (C=O) groups is 1. The lowest BCUT2D eigenvalue weighted by atomic mass is 9.80. The van der Waals surface area contributed by atoms with Crippen LogP contribution in [0.2, 0.25) is 0 Å². The highest BCUT2D eigenvalue weighted by molar-refractivity contribution is 8.93. The van der Waals surface area contributed by atoms with E-state index in [1.165, 1.54) is 0 Å². The molecule has 3 rings (SSSR count). The molecule has 0 aromatic carbocycles. The Bertz CT molecular complexity index is 744. The van der Waals surface area contributed by atoms with Crippen molar-refractivity contribution < 1.29 is 18.8 Å². The molecule has 8 heteroatoms. The van der Waals surface area contributed by atoms with E-state index >= 15 is 0 Å². The third-order valence-electron chi connectivity index (χ3n) is 4.48. The molecule has 130 valence electrons. The Hall–Kier alpha value is -1.38. The summed E-state index contributed by atoms with van der Waals surface area (Å²) in [5.41, 5.74) is 1.06. The molecule has 0 N–H and O–H groups in total. The number of halogens is 1. The highest BCUT2D eigenvalue weighted by atomic mass is 79.9. The first-order valence-electron chi connectivity index (χ1n) is 7.75. The molecular formula is C16H22BBrN2O4. The molecule has 0 radical (unpaired) electrons. The van der Waals surface area contributed by atoms with Crippen molar-refractivity contribution in [2.75, 3.05) is 6.61 Å². The smallest absolute Gasteiger partial charge is 0.461 e. The van der Waals surface area contributed by atoms with E-state index in [2.05, 4.69) is 4.98 Å². The third-order valence-corrected chi connectivity index (χ3v) is 4.48. The van der Waals surface area contributed by atoms with Crippen LogP contribution in [0.3, 0.4) is 0 Å². The maximum absolute atomic E-state index is 11.8. The number of hydrogen-bond acceptors (Lipinski definition) is 5. The molecule has 0 saturated carbocycles. The Labute approximate surface area is 152 Å². The molecule has 0 aliphatic carbocycles. The van der Waals surface area contributed by atoms with Crippen LogP contribution >= 0.6 is 17.0 Å². The molecule has 24 heavy (non-hydrogen) atoms. The summed E-state index contributed by atoms with van der Waals surface area (Å²) >= 11 is 0. The van der Waals surface area contributed by atoms with Gasteiger partial charge in [-0.2, -0.15) is 0 Å². The molecule has 1 aliphatic heterocycles. The number of aromatic nitrogens is 2. The molecule has 0 amide bonds. The average molecular weight is 397 g/mol. The van der Waals surface area contributed by atoms with Crippen molar-refractivity contribution in [1.29, 1.82) is 0 Å². The van der Waals surface area contributed by atoms with Gasteiger partial charge in [0.15, 0.2) is 5.69 Å². The minimum atomic E-state index is -0.446. The zero-order valence-electron chi connectivity index (χ0n) is 14.5. The number of rotatable bonds is 3. The van der Waals surface area contributed by atoms with Crippen LogP contribution in [0.25, 0.3) is 5.65 Å². The molecule has 2 aromatic heterocycles. The third kappa shape index (κ3) is 3.23. The van der Waals surface area contributed by atoms with Crippen molar-refractivity contribution in [3.8, 4) is 0 Å². The SMILES string of the molecule is Br.CCOC(=O)c1cn2cc(B3OC(C)(C)C(C)(C)O3)ccc2n1. The van der Waals surface area contributed by atoms with Gasteiger partial charge in [0.05, 0.1) is 17.8 Å². The summed E-state index contributed by atoms with van der Waals surface area (Å²) in [4.78, 5) is 16.0. The van der Waals surface area contributed by atoms with Crippen molar-refractivity contribution in [3.63, 3.8) is 0 Å². The summed E-state index contributed by atoms with van der Waals surface area (Å²) in [6.07, 6.45) is 3.52. The van der Waals surface area contributed by atoms with Crippen molar-refractivity contribution >= 4 is 41.2 Å². The van der Waals surface area contributed by atoms with Crippen LogP contribution in [0.4, 0.5) is 0 Å². The maximum atomic E-state index is 11.8. The van der Waals surface area contributed by atoms with E-state index < -0.39 is 24.3 Å². The van der Waals surface area contributed by atoms with E-state index in [-0.39, 0.29) is 22.7 Å². The highest BCUT2D eigenvalue weighted by Crippen LogP contribution is 2.36. The van der Waals surface area contributed by atoms with Crippen LogP contribution in [0.15, 0.2) is 24.5 Å². The maximum Gasteiger partial charge on any atom is 0.496 e. The Morgan fingerprint density at radius 2 is 1.83 bits per heavy atom. The van der Waals surface area contributed by atoms with E-state index in [1.807, 2.05) is 46.0 Å². The number of carbonyl (C=O) groups excluding carboxylic acids is 1. The van der Waals surface area contributed by atoms with Crippen molar-refractivity contribution in [3.05, 3.63) is 30.2 Å². The zero-order chi connectivity index (χ0) is 16.8. The van der Waals surface area contributed by atoms with Crippen LogP contribution in [0.1, 0.15) is 45.1 Å². The lowest BCUT2D eigenvalue weighted by Crippen LogP contribution is -2.41. The van der Waals surface area contributed by atoms with Crippen molar-refractivity contribution in [1.82, 2.24) is 9.38 Å². The summed E-state index contributed by atoms with van der Waals surface area (Å²) in [7, 11) is -0.446. The largest absolute Gasteiger partial charge is 0.496 e. The van der Waals surface area contributed by atoms with Crippen LogP contribution in [0, 0.1) is 0 Å². The fraction of sp³-hybridized carbons (Fsp3) is 0.500. The summed E-state index contributed by atoms with van der Waals surface area (Å²) in [5, 5.41) is 0. The first-order chi connectivity index (χ1) is 10.7. The first kappa shape index (κ1) is 19.0. The average Bonchev–Trinajstić information content (AvgIpc) is 2.97. The van der Waals surface area contributed by atoms with Gasteiger partial charge >= 0.3 is 13.1 Å². The van der Waals surface area contributed by atoms with Crippen molar-refractivity contribution in [2.24, 2.45) is 0 Å². The van der Waals surface area contributed by atoms with Gasteiger partial charge in [-0.3, -0.25) is 0 Å². The fourth-order valence-corrected chi connectivity index (χ4v) is 2.43.